The molecule has 0 bridgehead atoms. The average molecular weight is 605 g/mol. The molecule has 0 spiro atoms. The van der Waals surface area contributed by atoms with Crippen LogP contribution >= 0.6 is 0 Å². The molecular formula is C33H28N6O4S. The molecule has 3 heterocycles. The zero-order valence-corrected chi connectivity index (χ0v) is 24.7. The molecule has 1 fully saturated rings. The summed E-state index contributed by atoms with van der Waals surface area (Å²) in [4.78, 5) is 23.2. The maximum atomic E-state index is 15.2. The Morgan fingerprint density at radius 2 is 1.59 bits per heavy atom. The molecule has 1 aromatic heterocycles. The number of pyridine rings is 1. The van der Waals surface area contributed by atoms with Crippen molar-refractivity contribution in [2.24, 2.45) is 0 Å². The van der Waals surface area contributed by atoms with Gasteiger partial charge >= 0.3 is 0 Å². The topological polar surface area (TPSA) is 131 Å². The quantitative estimate of drug-likeness (QED) is 0.307. The lowest BCUT2D eigenvalue weighted by molar-refractivity contribution is -0.127. The van der Waals surface area contributed by atoms with Gasteiger partial charge in [-0.1, -0.05) is 30.3 Å². The molecule has 6 rings (SSSR count). The largest absolute Gasteiger partial charge is 0.493 e. The summed E-state index contributed by atoms with van der Waals surface area (Å²) in [7, 11) is -4.57. The minimum atomic E-state index is -4.57. The van der Waals surface area contributed by atoms with Gasteiger partial charge < -0.3 is 9.64 Å². The standard InChI is InChI=1S/C33H28N6O4S/c1-2-43-30-9-5-4-8-27(30)33(38-19-17-37(18-20-38)26-13-15-36-16-14-26)28-21-24(22-34)11-12-29(28)39(32(33)40)44(41,42)31-10-6-3-7-25(31)23-35/h3-16,21H,2,17-20H2,1H3. The number of hydrogen-bond donors (Lipinski definition) is 0. The van der Waals surface area contributed by atoms with Crippen molar-refractivity contribution in [3.05, 3.63) is 114 Å². The first-order chi connectivity index (χ1) is 21.4. The van der Waals surface area contributed by atoms with Gasteiger partial charge in [0.1, 0.15) is 16.7 Å². The van der Waals surface area contributed by atoms with E-state index in [0.29, 0.717) is 49.7 Å². The van der Waals surface area contributed by atoms with Crippen LogP contribution in [0.15, 0.2) is 96.2 Å². The third kappa shape index (κ3) is 4.45. The average Bonchev–Trinajstić information content (AvgIpc) is 3.33. The van der Waals surface area contributed by atoms with Crippen LogP contribution in [0.3, 0.4) is 0 Å². The predicted molar refractivity (Wildman–Crippen MR) is 163 cm³/mol. The lowest BCUT2D eigenvalue weighted by atomic mass is 9.80. The predicted octanol–water partition coefficient (Wildman–Crippen LogP) is 4.02. The molecule has 1 atom stereocenters. The van der Waals surface area contributed by atoms with Gasteiger partial charge in [0.05, 0.1) is 29.5 Å². The van der Waals surface area contributed by atoms with E-state index in [1.54, 1.807) is 48.8 Å². The number of fused-ring (bicyclic) bond motifs is 1. The van der Waals surface area contributed by atoms with Gasteiger partial charge in [-0.05, 0) is 55.5 Å². The molecule has 0 aliphatic carbocycles. The molecule has 0 radical (unpaired) electrons. The number of piperazine rings is 1. The molecule has 10 nitrogen and oxygen atoms in total. The highest BCUT2D eigenvalue weighted by Gasteiger charge is 2.60. The number of benzene rings is 3. The van der Waals surface area contributed by atoms with Crippen LogP contribution in [0.1, 0.15) is 29.2 Å². The molecule has 1 unspecified atom stereocenters. The summed E-state index contributed by atoms with van der Waals surface area (Å²) in [6, 6.07) is 25.5. The van der Waals surface area contributed by atoms with Crippen molar-refractivity contribution in [3.63, 3.8) is 0 Å². The van der Waals surface area contributed by atoms with E-state index >= 15 is 4.79 Å². The van der Waals surface area contributed by atoms with E-state index in [-0.39, 0.29) is 21.7 Å². The molecular weight excluding hydrogens is 576 g/mol. The second-order valence-electron chi connectivity index (χ2n) is 10.3. The van der Waals surface area contributed by atoms with Crippen molar-refractivity contribution in [3.8, 4) is 17.9 Å². The monoisotopic (exact) mass is 604 g/mol. The summed E-state index contributed by atoms with van der Waals surface area (Å²) in [6.45, 7) is 4.05. The summed E-state index contributed by atoms with van der Waals surface area (Å²) < 4.78 is 35.7. The van der Waals surface area contributed by atoms with E-state index in [4.69, 9.17) is 4.74 Å². The molecule has 3 aromatic carbocycles. The minimum Gasteiger partial charge on any atom is -0.493 e. The van der Waals surface area contributed by atoms with Crippen LogP contribution in [0.2, 0.25) is 0 Å². The highest BCUT2D eigenvalue weighted by molar-refractivity contribution is 7.93. The minimum absolute atomic E-state index is 0.0753. The highest BCUT2D eigenvalue weighted by Crippen LogP contribution is 2.53. The fourth-order valence-corrected chi connectivity index (χ4v) is 7.81. The SMILES string of the molecule is CCOc1ccccc1C1(N2CCN(c3ccncc3)CC2)C(=O)N(S(=O)(=O)c2ccccc2C#N)c2ccc(C#N)cc21. The van der Waals surface area contributed by atoms with Crippen molar-refractivity contribution in [1.29, 1.82) is 10.5 Å². The van der Waals surface area contributed by atoms with E-state index in [2.05, 4.69) is 16.0 Å². The molecule has 2 aliphatic rings. The number of nitriles is 2. The summed E-state index contributed by atoms with van der Waals surface area (Å²) in [5, 5.41) is 19.7. The number of para-hydroxylation sites is 1. The van der Waals surface area contributed by atoms with Gasteiger partial charge in [-0.15, -0.1) is 0 Å². The Labute approximate surface area is 256 Å². The Balaban J connectivity index is 1.59. The fraction of sp³-hybridized carbons (Fsp3) is 0.212. The van der Waals surface area contributed by atoms with E-state index in [9.17, 15) is 18.9 Å². The Bertz CT molecular complexity index is 1930. The van der Waals surface area contributed by atoms with Crippen LogP contribution in [0, 0.1) is 22.7 Å². The molecule has 44 heavy (non-hydrogen) atoms. The Hall–Kier alpha value is -5.23. The lowest BCUT2D eigenvalue weighted by Gasteiger charge is -2.46. The fourth-order valence-electron chi connectivity index (χ4n) is 6.20. The Morgan fingerprint density at radius 3 is 2.30 bits per heavy atom. The lowest BCUT2D eigenvalue weighted by Crippen LogP contribution is -2.60. The second kappa shape index (κ2) is 11.5. The van der Waals surface area contributed by atoms with Gasteiger partial charge in [0, 0.05) is 55.4 Å². The van der Waals surface area contributed by atoms with Crippen LogP contribution in [-0.4, -0.2) is 57.0 Å². The summed E-state index contributed by atoms with van der Waals surface area (Å²) in [5.74, 6) is -0.287. The zero-order chi connectivity index (χ0) is 30.9. The van der Waals surface area contributed by atoms with E-state index in [1.165, 1.54) is 30.3 Å². The van der Waals surface area contributed by atoms with Crippen molar-refractivity contribution >= 4 is 27.3 Å². The van der Waals surface area contributed by atoms with Crippen LogP contribution < -0.4 is 13.9 Å². The van der Waals surface area contributed by atoms with Crippen LogP contribution in [0.4, 0.5) is 11.4 Å². The number of aromatic nitrogens is 1. The van der Waals surface area contributed by atoms with Crippen molar-refractivity contribution in [2.45, 2.75) is 17.4 Å². The number of sulfonamides is 1. The third-order valence-corrected chi connectivity index (χ3v) is 9.87. The first kappa shape index (κ1) is 28.9. The number of rotatable bonds is 7. The van der Waals surface area contributed by atoms with Gasteiger partial charge in [-0.25, -0.2) is 12.7 Å². The molecule has 2 aliphatic heterocycles. The molecule has 11 heteroatoms. The van der Waals surface area contributed by atoms with Crippen molar-refractivity contribution < 1.29 is 17.9 Å². The maximum absolute atomic E-state index is 15.2. The third-order valence-electron chi connectivity index (χ3n) is 8.11. The van der Waals surface area contributed by atoms with E-state index < -0.39 is 21.5 Å². The summed E-state index contributed by atoms with van der Waals surface area (Å²) >= 11 is 0. The number of anilines is 2. The normalized spacial score (nSPS) is 18.4. The molecule has 1 amide bonds. The number of nitrogens with zero attached hydrogens (tertiary/aromatic N) is 6. The van der Waals surface area contributed by atoms with Crippen LogP contribution in [0.25, 0.3) is 0 Å². The Kier molecular flexibility index (Phi) is 7.52. The van der Waals surface area contributed by atoms with Crippen molar-refractivity contribution in [2.75, 3.05) is 42.0 Å². The molecule has 0 N–H and O–H groups in total. The molecule has 0 saturated carbocycles. The van der Waals surface area contributed by atoms with Gasteiger partial charge in [-0.2, -0.15) is 10.5 Å². The number of hydrogen-bond acceptors (Lipinski definition) is 9. The zero-order valence-electron chi connectivity index (χ0n) is 23.9. The van der Waals surface area contributed by atoms with Gasteiger partial charge in [-0.3, -0.25) is 14.7 Å². The number of carbonyl (C=O) groups excluding carboxylic acids is 1. The van der Waals surface area contributed by atoms with Gasteiger partial charge in [0.25, 0.3) is 15.9 Å². The van der Waals surface area contributed by atoms with E-state index in [1.807, 2.05) is 30.0 Å². The summed E-state index contributed by atoms with van der Waals surface area (Å²) in [5.41, 5.74) is 0.522. The smallest absolute Gasteiger partial charge is 0.272 e. The Morgan fingerprint density at radius 1 is 0.886 bits per heavy atom. The maximum Gasteiger partial charge on any atom is 0.272 e. The summed E-state index contributed by atoms with van der Waals surface area (Å²) in [6.07, 6.45) is 3.45. The van der Waals surface area contributed by atoms with E-state index in [0.717, 1.165) is 9.99 Å². The van der Waals surface area contributed by atoms with Crippen molar-refractivity contribution in [1.82, 2.24) is 9.88 Å². The molecule has 220 valence electrons. The van der Waals surface area contributed by atoms with Gasteiger partial charge in [0.15, 0.2) is 5.54 Å². The van der Waals surface area contributed by atoms with Crippen LogP contribution in [-0.2, 0) is 20.4 Å². The molecule has 1 saturated heterocycles. The van der Waals surface area contributed by atoms with Crippen LogP contribution in [0.5, 0.6) is 5.75 Å². The second-order valence-corrected chi connectivity index (χ2v) is 12.1. The number of amides is 1. The highest BCUT2D eigenvalue weighted by atomic mass is 32.2. The number of carbonyl (C=O) groups is 1. The molecule has 4 aromatic rings. The first-order valence-corrected chi connectivity index (χ1v) is 15.6. The first-order valence-electron chi connectivity index (χ1n) is 14.1. The number of ether oxygens (including phenoxy) is 1. The van der Waals surface area contributed by atoms with Gasteiger partial charge in [0.2, 0.25) is 0 Å².